The second-order valence-corrected chi connectivity index (χ2v) is 6.06. The van der Waals surface area contributed by atoms with E-state index in [1.165, 1.54) is 12.1 Å². The van der Waals surface area contributed by atoms with Crippen molar-refractivity contribution < 1.29 is 23.0 Å². The van der Waals surface area contributed by atoms with Crippen molar-refractivity contribution in [1.29, 1.82) is 0 Å². The Labute approximate surface area is 150 Å². The minimum Gasteiger partial charge on any atom is -0.454 e. The first kappa shape index (κ1) is 18.1. The quantitative estimate of drug-likeness (QED) is 0.721. The number of rotatable bonds is 6. The summed E-state index contributed by atoms with van der Waals surface area (Å²) in [4.78, 5) is 19.0. The van der Waals surface area contributed by atoms with Crippen molar-refractivity contribution in [1.82, 2.24) is 4.98 Å². The van der Waals surface area contributed by atoms with Gasteiger partial charge in [-0.15, -0.1) is 0 Å². The molecule has 0 saturated carbocycles. The van der Waals surface area contributed by atoms with Crippen LogP contribution in [0.5, 0.6) is 5.75 Å². The predicted octanol–water partition coefficient (Wildman–Crippen LogP) is 4.20. The zero-order valence-electron chi connectivity index (χ0n) is 14.4. The molecule has 1 saturated heterocycles. The summed E-state index contributed by atoms with van der Waals surface area (Å²) >= 11 is 0. The van der Waals surface area contributed by atoms with Gasteiger partial charge in [-0.05, 0) is 49.6 Å². The summed E-state index contributed by atoms with van der Waals surface area (Å²) in [5.41, 5.74) is 1.12. The summed E-state index contributed by atoms with van der Waals surface area (Å²) in [5.74, 6) is 0.245. The molecular formula is C19H20F2N2O3. The molecule has 1 atom stereocenters. The third-order valence-electron chi connectivity index (χ3n) is 4.27. The fraction of sp³-hybridized carbons (Fsp3) is 0.368. The molecule has 0 spiro atoms. The van der Waals surface area contributed by atoms with Crippen molar-refractivity contribution in [2.75, 3.05) is 18.0 Å². The number of anilines is 1. The lowest BCUT2D eigenvalue weighted by Crippen LogP contribution is -2.23. The highest BCUT2D eigenvalue weighted by Crippen LogP contribution is 2.26. The van der Waals surface area contributed by atoms with E-state index < -0.39 is 18.7 Å². The van der Waals surface area contributed by atoms with Crippen LogP contribution in [0.15, 0.2) is 42.6 Å². The summed E-state index contributed by atoms with van der Waals surface area (Å²) in [5, 5.41) is 0. The lowest BCUT2D eigenvalue weighted by atomic mass is 10.1. The summed E-state index contributed by atoms with van der Waals surface area (Å²) in [6, 6.07) is 9.45. The van der Waals surface area contributed by atoms with Crippen LogP contribution < -0.4 is 9.64 Å². The first-order valence-corrected chi connectivity index (χ1v) is 8.50. The smallest absolute Gasteiger partial charge is 0.387 e. The summed E-state index contributed by atoms with van der Waals surface area (Å²) in [6.45, 7) is 0.606. The molecule has 5 nitrogen and oxygen atoms in total. The van der Waals surface area contributed by atoms with Gasteiger partial charge in [0.15, 0.2) is 0 Å². The molecule has 3 rings (SSSR count). The van der Waals surface area contributed by atoms with Crippen molar-refractivity contribution in [2.24, 2.45) is 0 Å². The maximum absolute atomic E-state index is 12.6. The van der Waals surface area contributed by atoms with E-state index in [-0.39, 0.29) is 5.75 Å². The Kier molecular flexibility index (Phi) is 5.65. The molecule has 1 aliphatic rings. The fourth-order valence-corrected chi connectivity index (χ4v) is 2.95. The molecule has 138 valence electrons. The Balaban J connectivity index is 1.69. The Morgan fingerprint density at radius 1 is 1.15 bits per heavy atom. The van der Waals surface area contributed by atoms with Gasteiger partial charge in [-0.3, -0.25) is 0 Å². The molecule has 2 heterocycles. The number of alkyl halides is 2. The number of ether oxygens (including phenoxy) is 2. The second-order valence-electron chi connectivity index (χ2n) is 6.06. The molecule has 7 heteroatoms. The number of hydrogen-bond donors (Lipinski definition) is 0. The van der Waals surface area contributed by atoms with E-state index in [0.29, 0.717) is 16.9 Å². The number of halogens is 2. The van der Waals surface area contributed by atoms with Crippen LogP contribution in [0, 0.1) is 0 Å². The summed E-state index contributed by atoms with van der Waals surface area (Å²) < 4.78 is 34.3. The van der Waals surface area contributed by atoms with E-state index in [0.717, 1.165) is 25.9 Å². The topological polar surface area (TPSA) is 51.7 Å². The normalized spacial score (nSPS) is 15.2. The van der Waals surface area contributed by atoms with Crippen LogP contribution in [0.2, 0.25) is 0 Å². The van der Waals surface area contributed by atoms with Crippen molar-refractivity contribution >= 4 is 11.8 Å². The molecule has 0 aliphatic carbocycles. The minimum absolute atomic E-state index is 0.0610. The van der Waals surface area contributed by atoms with Crippen LogP contribution in [-0.4, -0.2) is 30.7 Å². The third kappa shape index (κ3) is 4.28. The van der Waals surface area contributed by atoms with Gasteiger partial charge in [-0.25, -0.2) is 9.78 Å². The van der Waals surface area contributed by atoms with Crippen LogP contribution >= 0.6 is 0 Å². The zero-order chi connectivity index (χ0) is 18.5. The molecular weight excluding hydrogens is 342 g/mol. The van der Waals surface area contributed by atoms with E-state index in [4.69, 9.17) is 4.74 Å². The van der Waals surface area contributed by atoms with Gasteiger partial charge in [0.05, 0.1) is 0 Å². The van der Waals surface area contributed by atoms with Gasteiger partial charge in [0.2, 0.25) is 0 Å². The van der Waals surface area contributed by atoms with Crippen LogP contribution in [0.25, 0.3) is 0 Å². The number of aromatic nitrogens is 1. The maximum Gasteiger partial charge on any atom is 0.387 e. The first-order chi connectivity index (χ1) is 12.5. The van der Waals surface area contributed by atoms with Gasteiger partial charge < -0.3 is 14.4 Å². The molecule has 0 bridgehead atoms. The summed E-state index contributed by atoms with van der Waals surface area (Å²) in [6.07, 6.45) is 3.29. The van der Waals surface area contributed by atoms with Gasteiger partial charge in [0, 0.05) is 19.3 Å². The van der Waals surface area contributed by atoms with Crippen LogP contribution in [0.1, 0.15) is 41.8 Å². The first-order valence-electron chi connectivity index (χ1n) is 8.50. The number of benzene rings is 1. The molecule has 1 fully saturated rings. The average molecular weight is 362 g/mol. The fourth-order valence-electron chi connectivity index (χ4n) is 2.95. The number of carbonyl (C=O) groups excluding carboxylic acids is 1. The number of nitrogens with zero attached hydrogens (tertiary/aromatic N) is 2. The number of esters is 1. The van der Waals surface area contributed by atoms with Crippen LogP contribution in [-0.2, 0) is 4.74 Å². The average Bonchev–Trinajstić information content (AvgIpc) is 3.16. The lowest BCUT2D eigenvalue weighted by Gasteiger charge is -2.20. The monoisotopic (exact) mass is 362 g/mol. The van der Waals surface area contributed by atoms with Crippen molar-refractivity contribution in [3.8, 4) is 5.75 Å². The van der Waals surface area contributed by atoms with Gasteiger partial charge in [0.25, 0.3) is 0 Å². The molecule has 1 unspecified atom stereocenters. The van der Waals surface area contributed by atoms with Crippen molar-refractivity contribution in [2.45, 2.75) is 32.5 Å². The molecule has 1 aromatic heterocycles. The van der Waals surface area contributed by atoms with E-state index in [2.05, 4.69) is 14.6 Å². The molecule has 2 aromatic rings. The maximum atomic E-state index is 12.6. The predicted molar refractivity (Wildman–Crippen MR) is 92.6 cm³/mol. The van der Waals surface area contributed by atoms with Gasteiger partial charge in [0.1, 0.15) is 23.2 Å². The van der Waals surface area contributed by atoms with E-state index >= 15 is 0 Å². The molecule has 26 heavy (non-hydrogen) atoms. The Morgan fingerprint density at radius 2 is 1.85 bits per heavy atom. The molecule has 0 amide bonds. The van der Waals surface area contributed by atoms with Gasteiger partial charge in [-0.1, -0.05) is 12.1 Å². The minimum atomic E-state index is -2.87. The highest BCUT2D eigenvalue weighted by atomic mass is 19.3. The Bertz CT molecular complexity index is 747. The van der Waals surface area contributed by atoms with E-state index in [1.54, 1.807) is 37.4 Å². The Morgan fingerprint density at radius 3 is 2.50 bits per heavy atom. The van der Waals surface area contributed by atoms with Crippen molar-refractivity contribution in [3.05, 3.63) is 53.7 Å². The molecule has 1 aliphatic heterocycles. The highest BCUT2D eigenvalue weighted by molar-refractivity contribution is 5.95. The second kappa shape index (κ2) is 8.12. The van der Waals surface area contributed by atoms with Crippen LogP contribution in [0.3, 0.4) is 0 Å². The lowest BCUT2D eigenvalue weighted by molar-refractivity contribution is -0.0498. The van der Waals surface area contributed by atoms with E-state index in [9.17, 15) is 13.6 Å². The molecule has 0 radical (unpaired) electrons. The van der Waals surface area contributed by atoms with E-state index in [1.807, 2.05) is 0 Å². The SMILES string of the molecule is CC(OC(=O)c1cccnc1N1CCCC1)c1ccc(OC(F)F)cc1. The third-order valence-corrected chi connectivity index (χ3v) is 4.27. The van der Waals surface area contributed by atoms with Gasteiger partial charge >= 0.3 is 12.6 Å². The molecule has 0 N–H and O–H groups in total. The highest BCUT2D eigenvalue weighted by Gasteiger charge is 2.23. The van der Waals surface area contributed by atoms with Crippen molar-refractivity contribution in [3.63, 3.8) is 0 Å². The summed E-state index contributed by atoms with van der Waals surface area (Å²) in [7, 11) is 0. The Hall–Kier alpha value is -2.70. The largest absolute Gasteiger partial charge is 0.454 e. The van der Waals surface area contributed by atoms with Crippen LogP contribution in [0.4, 0.5) is 14.6 Å². The molecule has 1 aromatic carbocycles. The number of pyridine rings is 1. The standard InChI is InChI=1S/C19H20F2N2O3/c1-13(14-6-8-15(9-7-14)26-19(20)21)25-18(24)16-5-4-10-22-17(16)23-11-2-3-12-23/h4-10,13,19H,2-3,11-12H2,1H3. The zero-order valence-corrected chi connectivity index (χ0v) is 14.4. The van der Waals surface area contributed by atoms with Gasteiger partial charge in [-0.2, -0.15) is 8.78 Å². The number of hydrogen-bond acceptors (Lipinski definition) is 5. The number of carbonyl (C=O) groups is 1.